The van der Waals surface area contributed by atoms with Gasteiger partial charge in [-0.1, -0.05) is 43.7 Å². The molecule has 4 aliphatic rings. The van der Waals surface area contributed by atoms with Gasteiger partial charge in [-0.15, -0.1) is 5.10 Å². The number of nitrogens with two attached hydrogens (primary N) is 2. The van der Waals surface area contributed by atoms with Crippen LogP contribution in [0.1, 0.15) is 103 Å². The summed E-state index contributed by atoms with van der Waals surface area (Å²) < 4.78 is 1.57. The van der Waals surface area contributed by atoms with E-state index in [-0.39, 0.29) is 24.3 Å². The zero-order chi connectivity index (χ0) is 28.9. The quantitative estimate of drug-likeness (QED) is 0.321. The third kappa shape index (κ3) is 5.27. The van der Waals surface area contributed by atoms with Crippen LogP contribution in [0.2, 0.25) is 0 Å². The third-order valence-corrected chi connectivity index (χ3v) is 9.83. The molecule has 2 heterocycles. The molecule has 6 N–H and O–H groups in total. The molecule has 2 unspecified atom stereocenters. The van der Waals surface area contributed by atoms with E-state index in [0.29, 0.717) is 30.9 Å². The topological polar surface area (TPSA) is 187 Å². The lowest BCUT2D eigenvalue weighted by Crippen LogP contribution is -2.71. The van der Waals surface area contributed by atoms with Crippen molar-refractivity contribution in [3.63, 3.8) is 0 Å². The number of hydrogen-bond donors (Lipinski definition) is 4. The van der Waals surface area contributed by atoms with Crippen LogP contribution in [-0.4, -0.2) is 72.7 Å². The minimum absolute atomic E-state index is 0.0310. The summed E-state index contributed by atoms with van der Waals surface area (Å²) in [5.74, 6) is -2.31. The largest absolute Gasteiger partial charge is 0.384 e. The van der Waals surface area contributed by atoms with Crippen LogP contribution in [0.15, 0.2) is 6.20 Å². The van der Waals surface area contributed by atoms with Crippen molar-refractivity contribution in [2.45, 2.75) is 120 Å². The van der Waals surface area contributed by atoms with Gasteiger partial charge in [0.1, 0.15) is 17.2 Å². The summed E-state index contributed by atoms with van der Waals surface area (Å²) in [4.78, 5) is 54.0. The first-order chi connectivity index (χ1) is 18.8. The van der Waals surface area contributed by atoms with E-state index in [9.17, 15) is 24.3 Å². The van der Waals surface area contributed by atoms with E-state index in [1.807, 2.05) is 0 Å². The molecule has 1 aromatic heterocycles. The van der Waals surface area contributed by atoms with Crippen molar-refractivity contribution in [1.29, 1.82) is 0 Å². The van der Waals surface area contributed by atoms with Gasteiger partial charge in [-0.05, 0) is 57.3 Å². The number of rotatable bonds is 9. The summed E-state index contributed by atoms with van der Waals surface area (Å²) in [6, 6.07) is -2.12. The Hall–Kier alpha value is -2.86. The molecule has 0 bridgehead atoms. The maximum absolute atomic E-state index is 13.9. The minimum Gasteiger partial charge on any atom is -0.384 e. The van der Waals surface area contributed by atoms with Crippen molar-refractivity contribution in [2.75, 3.05) is 6.54 Å². The fourth-order valence-electron chi connectivity index (χ4n) is 7.65. The maximum Gasteiger partial charge on any atom is 0.287 e. The standard InChI is InChI=1S/C28H43N7O5/c1-26(2,40)21-13-31-33-35(21)18-12-20(34(14-18)25(39)19(29)11-17-7-4-3-5-8-17)24(38)32-28(22(36)23(30)37)15-27(16-28)9-6-10-27/h13,17-20,40H,3-12,14-16,29H2,1-2H3,(H2,30,37)(H,32,38)/t18?,19-,20?/m1/s1. The normalized spacial score (nSPS) is 26.6. The Balaban J connectivity index is 1.39. The molecule has 0 radical (unpaired) electrons. The first kappa shape index (κ1) is 28.7. The number of nitrogens with one attached hydrogen (secondary N) is 1. The van der Waals surface area contributed by atoms with E-state index in [0.717, 1.165) is 44.9 Å². The van der Waals surface area contributed by atoms with Crippen molar-refractivity contribution in [2.24, 2.45) is 22.8 Å². The number of aliphatic hydroxyl groups is 1. The highest BCUT2D eigenvalue weighted by Crippen LogP contribution is 2.60. The average molecular weight is 558 g/mol. The molecule has 4 fully saturated rings. The fourth-order valence-corrected chi connectivity index (χ4v) is 7.65. The number of likely N-dealkylation sites (tertiary alicyclic amines) is 1. The van der Waals surface area contributed by atoms with Gasteiger partial charge in [0.25, 0.3) is 5.91 Å². The molecule has 1 saturated heterocycles. The predicted molar refractivity (Wildman–Crippen MR) is 144 cm³/mol. The molecule has 3 saturated carbocycles. The van der Waals surface area contributed by atoms with E-state index in [2.05, 4.69) is 15.6 Å². The van der Waals surface area contributed by atoms with Crippen LogP contribution in [0.5, 0.6) is 0 Å². The summed E-state index contributed by atoms with van der Waals surface area (Å²) >= 11 is 0. The van der Waals surface area contributed by atoms with Gasteiger partial charge in [0.15, 0.2) is 0 Å². The molecule has 220 valence electrons. The Bertz CT molecular complexity index is 1160. The molecule has 12 nitrogen and oxygen atoms in total. The summed E-state index contributed by atoms with van der Waals surface area (Å²) in [7, 11) is 0. The SMILES string of the molecule is CC(C)(O)c1cnnn1C1CC(C(=O)NC2(C(=O)C(N)=O)CC3(CCC3)C2)N(C(=O)[C@H](N)CC2CCCCC2)C1. The number of hydrogen-bond acceptors (Lipinski definition) is 8. The Morgan fingerprint density at radius 2 is 1.82 bits per heavy atom. The van der Waals surface area contributed by atoms with Gasteiger partial charge in [-0.25, -0.2) is 4.68 Å². The first-order valence-corrected chi connectivity index (χ1v) is 14.7. The molecule has 40 heavy (non-hydrogen) atoms. The van der Waals surface area contributed by atoms with Crippen LogP contribution >= 0.6 is 0 Å². The number of Topliss-reactive ketones (excluding diaryl/α,β-unsaturated/α-hetero) is 1. The number of nitrogens with zero attached hydrogens (tertiary/aromatic N) is 4. The first-order valence-electron chi connectivity index (χ1n) is 14.7. The molecule has 12 heteroatoms. The Kier molecular flexibility index (Phi) is 7.54. The van der Waals surface area contributed by atoms with Crippen LogP contribution in [0.4, 0.5) is 0 Å². The Labute approximate surface area is 234 Å². The number of carbonyl (C=O) groups is 4. The van der Waals surface area contributed by atoms with Gasteiger partial charge in [0, 0.05) is 13.0 Å². The molecule has 3 amide bonds. The third-order valence-electron chi connectivity index (χ3n) is 9.83. The van der Waals surface area contributed by atoms with Gasteiger partial charge in [-0.3, -0.25) is 19.2 Å². The molecule has 1 aliphatic heterocycles. The van der Waals surface area contributed by atoms with Crippen LogP contribution in [0.3, 0.4) is 0 Å². The number of aromatic nitrogens is 3. The summed E-state index contributed by atoms with van der Waals surface area (Å²) in [6.45, 7) is 3.40. The molecular formula is C28H43N7O5. The van der Waals surface area contributed by atoms with E-state index >= 15 is 0 Å². The Morgan fingerprint density at radius 3 is 2.40 bits per heavy atom. The van der Waals surface area contributed by atoms with E-state index in [1.165, 1.54) is 17.5 Å². The minimum atomic E-state index is -1.34. The molecule has 1 aromatic rings. The second-order valence-corrected chi connectivity index (χ2v) is 13.3. The van der Waals surface area contributed by atoms with E-state index in [1.54, 1.807) is 18.5 Å². The highest BCUT2D eigenvalue weighted by molar-refractivity contribution is 6.39. The highest BCUT2D eigenvalue weighted by atomic mass is 16.3. The van der Waals surface area contributed by atoms with Crippen LogP contribution in [0.25, 0.3) is 0 Å². The van der Waals surface area contributed by atoms with Crippen molar-refractivity contribution < 1.29 is 24.3 Å². The zero-order valence-electron chi connectivity index (χ0n) is 23.6. The van der Waals surface area contributed by atoms with E-state index < -0.39 is 46.9 Å². The number of ketones is 1. The van der Waals surface area contributed by atoms with Crippen LogP contribution in [0, 0.1) is 11.3 Å². The van der Waals surface area contributed by atoms with Crippen LogP contribution in [-0.2, 0) is 24.8 Å². The van der Waals surface area contributed by atoms with Gasteiger partial charge < -0.3 is 26.8 Å². The monoisotopic (exact) mass is 557 g/mol. The van der Waals surface area contributed by atoms with Gasteiger partial charge >= 0.3 is 0 Å². The molecular weight excluding hydrogens is 514 g/mol. The number of amides is 3. The van der Waals surface area contributed by atoms with E-state index in [4.69, 9.17) is 11.5 Å². The molecule has 5 rings (SSSR count). The second-order valence-electron chi connectivity index (χ2n) is 13.3. The lowest BCUT2D eigenvalue weighted by molar-refractivity contribution is -0.156. The Morgan fingerprint density at radius 1 is 1.15 bits per heavy atom. The van der Waals surface area contributed by atoms with Gasteiger partial charge in [0.2, 0.25) is 17.6 Å². The molecule has 3 aliphatic carbocycles. The lowest BCUT2D eigenvalue weighted by Gasteiger charge is -2.60. The lowest BCUT2D eigenvalue weighted by atomic mass is 9.47. The molecule has 3 atom stereocenters. The van der Waals surface area contributed by atoms with Gasteiger partial charge in [0.05, 0.1) is 24.0 Å². The van der Waals surface area contributed by atoms with Crippen molar-refractivity contribution >= 4 is 23.5 Å². The van der Waals surface area contributed by atoms with Crippen LogP contribution < -0.4 is 16.8 Å². The van der Waals surface area contributed by atoms with Crippen molar-refractivity contribution in [1.82, 2.24) is 25.2 Å². The van der Waals surface area contributed by atoms with Gasteiger partial charge in [-0.2, -0.15) is 0 Å². The smallest absolute Gasteiger partial charge is 0.287 e. The highest BCUT2D eigenvalue weighted by Gasteiger charge is 2.63. The summed E-state index contributed by atoms with van der Waals surface area (Å²) in [6.07, 6.45) is 11.5. The molecule has 0 aromatic carbocycles. The number of primary amides is 1. The average Bonchev–Trinajstić information content (AvgIpc) is 3.52. The fraction of sp³-hybridized carbons (Fsp3) is 0.786. The van der Waals surface area contributed by atoms with Crippen molar-refractivity contribution in [3.8, 4) is 0 Å². The number of carbonyl (C=O) groups excluding carboxylic acids is 4. The van der Waals surface area contributed by atoms with Crippen molar-refractivity contribution in [3.05, 3.63) is 11.9 Å². The molecule has 1 spiro atoms. The second kappa shape index (κ2) is 10.5. The maximum atomic E-state index is 13.9. The summed E-state index contributed by atoms with van der Waals surface area (Å²) in [5, 5.41) is 21.7. The zero-order valence-corrected chi connectivity index (χ0v) is 23.6. The predicted octanol–water partition coefficient (Wildman–Crippen LogP) is 0.819. The summed E-state index contributed by atoms with van der Waals surface area (Å²) in [5.41, 5.74) is 9.70.